The van der Waals surface area contributed by atoms with Crippen molar-refractivity contribution in [2.24, 2.45) is 0 Å². The fourth-order valence-corrected chi connectivity index (χ4v) is 2.77. The largest absolute Gasteiger partial charge is 0.306 e. The van der Waals surface area contributed by atoms with Crippen molar-refractivity contribution in [3.05, 3.63) is 69.5 Å². The minimum atomic E-state index is -0.350. The molecule has 0 aliphatic rings. The monoisotopic (exact) mass is 311 g/mol. The van der Waals surface area contributed by atoms with Gasteiger partial charge >= 0.3 is 0 Å². The first-order chi connectivity index (χ1) is 9.65. The van der Waals surface area contributed by atoms with Crippen molar-refractivity contribution in [3.8, 4) is 0 Å². The third-order valence-corrected chi connectivity index (χ3v) is 3.76. The molecule has 106 valence electrons. The summed E-state index contributed by atoms with van der Waals surface area (Å²) in [4.78, 5) is 0. The summed E-state index contributed by atoms with van der Waals surface area (Å²) in [5.74, 6) is -0.267. The molecule has 0 fully saturated rings. The SMILES string of the molecule is CCCNC(c1ccccc1F)c1c(Cl)cccc1Cl. The molecule has 4 heteroatoms. The van der Waals surface area contributed by atoms with Gasteiger partial charge < -0.3 is 5.32 Å². The normalized spacial score (nSPS) is 12.4. The van der Waals surface area contributed by atoms with Crippen molar-refractivity contribution < 1.29 is 4.39 Å². The number of hydrogen-bond acceptors (Lipinski definition) is 1. The first kappa shape index (κ1) is 15.3. The molecular weight excluding hydrogens is 296 g/mol. The van der Waals surface area contributed by atoms with Gasteiger partial charge in [-0.3, -0.25) is 0 Å². The van der Waals surface area contributed by atoms with E-state index in [9.17, 15) is 4.39 Å². The average Bonchev–Trinajstić information content (AvgIpc) is 2.43. The number of benzene rings is 2. The molecule has 0 heterocycles. The molecule has 0 aliphatic carbocycles. The highest BCUT2D eigenvalue weighted by atomic mass is 35.5. The molecule has 1 unspecified atom stereocenters. The molecule has 1 atom stereocenters. The van der Waals surface area contributed by atoms with Gasteiger partial charge in [0, 0.05) is 21.2 Å². The lowest BCUT2D eigenvalue weighted by Gasteiger charge is -2.22. The highest BCUT2D eigenvalue weighted by Gasteiger charge is 2.21. The standard InChI is InChI=1S/C16H16Cl2FN/c1-2-10-20-16(11-6-3-4-9-14(11)19)15-12(17)7-5-8-13(15)18/h3-9,16,20H,2,10H2,1H3. The van der Waals surface area contributed by atoms with E-state index < -0.39 is 0 Å². The maximum Gasteiger partial charge on any atom is 0.128 e. The van der Waals surface area contributed by atoms with Crippen LogP contribution in [0.25, 0.3) is 0 Å². The Hall–Kier alpha value is -1.09. The van der Waals surface area contributed by atoms with E-state index >= 15 is 0 Å². The van der Waals surface area contributed by atoms with Crippen LogP contribution in [0.3, 0.4) is 0 Å². The molecule has 1 nitrogen and oxygen atoms in total. The molecule has 0 bridgehead atoms. The summed E-state index contributed by atoms with van der Waals surface area (Å²) in [5.41, 5.74) is 1.27. The van der Waals surface area contributed by atoms with Crippen molar-refractivity contribution in [1.82, 2.24) is 5.32 Å². The first-order valence-corrected chi connectivity index (χ1v) is 7.32. The minimum absolute atomic E-state index is 0.267. The Morgan fingerprint density at radius 1 is 1.05 bits per heavy atom. The number of halogens is 3. The van der Waals surface area contributed by atoms with Crippen LogP contribution in [0, 0.1) is 5.82 Å². The van der Waals surface area contributed by atoms with Gasteiger partial charge in [-0.2, -0.15) is 0 Å². The summed E-state index contributed by atoms with van der Waals surface area (Å²) in [7, 11) is 0. The fraction of sp³-hybridized carbons (Fsp3) is 0.250. The predicted octanol–water partition coefficient (Wildman–Crippen LogP) is 5.22. The van der Waals surface area contributed by atoms with E-state index in [0.717, 1.165) is 18.5 Å². The lowest BCUT2D eigenvalue weighted by molar-refractivity contribution is 0.547. The number of rotatable bonds is 5. The highest BCUT2D eigenvalue weighted by Crippen LogP contribution is 2.34. The van der Waals surface area contributed by atoms with Crippen molar-refractivity contribution in [1.29, 1.82) is 0 Å². The summed E-state index contributed by atoms with van der Waals surface area (Å²) in [6.45, 7) is 2.81. The lowest BCUT2D eigenvalue weighted by Crippen LogP contribution is -2.24. The topological polar surface area (TPSA) is 12.0 Å². The third-order valence-electron chi connectivity index (χ3n) is 3.10. The zero-order valence-corrected chi connectivity index (χ0v) is 12.7. The molecule has 0 saturated heterocycles. The number of nitrogens with one attached hydrogen (secondary N) is 1. The zero-order valence-electron chi connectivity index (χ0n) is 11.2. The molecule has 2 aromatic carbocycles. The Labute approximate surface area is 128 Å². The Morgan fingerprint density at radius 3 is 2.30 bits per heavy atom. The molecule has 1 N–H and O–H groups in total. The molecule has 0 aromatic heterocycles. The summed E-state index contributed by atoms with van der Waals surface area (Å²) in [6, 6.07) is 11.6. The number of hydrogen-bond donors (Lipinski definition) is 1. The van der Waals surface area contributed by atoms with Crippen LogP contribution in [0.15, 0.2) is 42.5 Å². The molecule has 20 heavy (non-hydrogen) atoms. The Bertz CT molecular complexity index is 566. The van der Waals surface area contributed by atoms with Crippen LogP contribution in [-0.2, 0) is 0 Å². The lowest BCUT2D eigenvalue weighted by atomic mass is 9.98. The van der Waals surface area contributed by atoms with Gasteiger partial charge in [0.1, 0.15) is 5.82 Å². The maximum atomic E-state index is 14.1. The van der Waals surface area contributed by atoms with Gasteiger partial charge in [0.25, 0.3) is 0 Å². The van der Waals surface area contributed by atoms with Crippen LogP contribution < -0.4 is 5.32 Å². The van der Waals surface area contributed by atoms with E-state index in [2.05, 4.69) is 12.2 Å². The molecule has 0 amide bonds. The van der Waals surface area contributed by atoms with Gasteiger partial charge in [0.15, 0.2) is 0 Å². The smallest absolute Gasteiger partial charge is 0.128 e. The summed E-state index contributed by atoms with van der Waals surface area (Å²) in [5, 5.41) is 4.39. The van der Waals surface area contributed by atoms with Crippen molar-refractivity contribution in [2.45, 2.75) is 19.4 Å². The molecule has 2 rings (SSSR count). The summed E-state index contributed by atoms with van der Waals surface area (Å²) in [6.07, 6.45) is 0.938. The van der Waals surface area contributed by atoms with Crippen LogP contribution >= 0.6 is 23.2 Å². The van der Waals surface area contributed by atoms with Crippen LogP contribution in [0.4, 0.5) is 4.39 Å². The van der Waals surface area contributed by atoms with Crippen LogP contribution in [0.5, 0.6) is 0 Å². The third kappa shape index (κ3) is 3.32. The zero-order chi connectivity index (χ0) is 14.5. The molecular formula is C16H16Cl2FN. The van der Waals surface area contributed by atoms with E-state index in [1.807, 2.05) is 6.07 Å². The molecule has 0 saturated carbocycles. The average molecular weight is 312 g/mol. The second kappa shape index (κ2) is 7.07. The second-order valence-corrected chi connectivity index (χ2v) is 5.36. The minimum Gasteiger partial charge on any atom is -0.306 e. The van der Waals surface area contributed by atoms with Gasteiger partial charge in [0.05, 0.1) is 6.04 Å². The fourth-order valence-electron chi connectivity index (χ4n) is 2.15. The Balaban J connectivity index is 2.50. The molecule has 0 spiro atoms. The van der Waals surface area contributed by atoms with E-state index in [1.165, 1.54) is 6.07 Å². The summed E-state index contributed by atoms with van der Waals surface area (Å²) < 4.78 is 14.1. The van der Waals surface area contributed by atoms with E-state index in [-0.39, 0.29) is 11.9 Å². The molecule has 0 radical (unpaired) electrons. The van der Waals surface area contributed by atoms with Crippen molar-refractivity contribution in [2.75, 3.05) is 6.54 Å². The van der Waals surface area contributed by atoms with E-state index in [4.69, 9.17) is 23.2 Å². The molecule has 0 aliphatic heterocycles. The van der Waals surface area contributed by atoms with Gasteiger partial charge in [0.2, 0.25) is 0 Å². The Kier molecular flexibility index (Phi) is 5.41. The van der Waals surface area contributed by atoms with Crippen LogP contribution in [0.1, 0.15) is 30.5 Å². The van der Waals surface area contributed by atoms with Gasteiger partial charge in [-0.1, -0.05) is 54.4 Å². The van der Waals surface area contributed by atoms with E-state index in [0.29, 0.717) is 15.6 Å². The first-order valence-electron chi connectivity index (χ1n) is 6.56. The second-order valence-electron chi connectivity index (χ2n) is 4.54. The van der Waals surface area contributed by atoms with E-state index in [1.54, 1.807) is 30.3 Å². The van der Waals surface area contributed by atoms with Crippen LogP contribution in [0.2, 0.25) is 10.0 Å². The van der Waals surface area contributed by atoms with Gasteiger partial charge in [-0.15, -0.1) is 0 Å². The molecule has 2 aromatic rings. The maximum absolute atomic E-state index is 14.1. The van der Waals surface area contributed by atoms with Crippen LogP contribution in [-0.4, -0.2) is 6.54 Å². The van der Waals surface area contributed by atoms with Crippen molar-refractivity contribution in [3.63, 3.8) is 0 Å². The highest BCUT2D eigenvalue weighted by molar-refractivity contribution is 6.36. The van der Waals surface area contributed by atoms with Gasteiger partial charge in [-0.25, -0.2) is 4.39 Å². The predicted molar refractivity (Wildman–Crippen MR) is 83.0 cm³/mol. The summed E-state index contributed by atoms with van der Waals surface area (Å²) >= 11 is 12.5. The van der Waals surface area contributed by atoms with Gasteiger partial charge in [-0.05, 0) is 31.2 Å². The van der Waals surface area contributed by atoms with Crippen molar-refractivity contribution >= 4 is 23.2 Å². The Morgan fingerprint density at radius 2 is 1.70 bits per heavy atom. The quantitative estimate of drug-likeness (QED) is 0.798.